The Bertz CT molecular complexity index is 1220. The van der Waals surface area contributed by atoms with Crippen molar-refractivity contribution in [1.82, 2.24) is 10.9 Å². The number of nitrogens with one attached hydrogen (secondary N) is 3. The first-order valence-corrected chi connectivity index (χ1v) is 12.1. The summed E-state index contributed by atoms with van der Waals surface area (Å²) in [4.78, 5) is 25.6. The molecule has 34 heavy (non-hydrogen) atoms. The molecule has 3 N–H and O–H groups in total. The molecule has 176 valence electrons. The first-order chi connectivity index (χ1) is 16.2. The molecule has 1 aliphatic rings. The third-order valence-corrected chi connectivity index (χ3v) is 7.10. The van der Waals surface area contributed by atoms with Crippen LogP contribution in [-0.4, -0.2) is 16.1 Å². The molecule has 10 heteroatoms. The lowest BCUT2D eigenvalue weighted by molar-refractivity contribution is -0.117. The molecule has 2 amide bonds. The predicted molar refractivity (Wildman–Crippen MR) is 138 cm³/mol. The average molecular weight is 558 g/mol. The highest BCUT2D eigenvalue weighted by molar-refractivity contribution is 6.53. The zero-order chi connectivity index (χ0) is 24.5. The number of hydrogen-bond donors (Lipinski definition) is 3. The fourth-order valence-electron chi connectivity index (χ4n) is 3.71. The Morgan fingerprint density at radius 3 is 2.24 bits per heavy atom. The van der Waals surface area contributed by atoms with Gasteiger partial charge in [-0.1, -0.05) is 65.1 Å². The lowest BCUT2D eigenvalue weighted by Gasteiger charge is -2.11. The van der Waals surface area contributed by atoms with Crippen LogP contribution >= 0.6 is 58.0 Å². The van der Waals surface area contributed by atoms with Crippen LogP contribution in [0.5, 0.6) is 0 Å². The van der Waals surface area contributed by atoms with Crippen LogP contribution in [0, 0.1) is 5.92 Å². The molecule has 1 aliphatic carbocycles. The summed E-state index contributed by atoms with van der Waals surface area (Å²) in [6.07, 6.45) is 0. The van der Waals surface area contributed by atoms with Gasteiger partial charge in [0.1, 0.15) is 4.33 Å². The van der Waals surface area contributed by atoms with Crippen LogP contribution in [0.15, 0.2) is 66.7 Å². The molecular weight excluding hydrogens is 540 g/mol. The van der Waals surface area contributed by atoms with Gasteiger partial charge in [0.25, 0.3) is 5.91 Å². The van der Waals surface area contributed by atoms with Gasteiger partial charge in [-0.3, -0.25) is 15.0 Å². The first-order valence-electron chi connectivity index (χ1n) is 10.2. The number of hydrazine groups is 1. The van der Waals surface area contributed by atoms with Crippen molar-refractivity contribution in [3.63, 3.8) is 0 Å². The fraction of sp³-hybridized carbons (Fsp3) is 0.167. The van der Waals surface area contributed by atoms with E-state index < -0.39 is 28.0 Å². The van der Waals surface area contributed by atoms with Crippen molar-refractivity contribution in [2.45, 2.75) is 16.8 Å². The summed E-state index contributed by atoms with van der Waals surface area (Å²) in [5, 5.41) is 3.84. The second-order valence-electron chi connectivity index (χ2n) is 7.81. The van der Waals surface area contributed by atoms with Crippen LogP contribution in [0.1, 0.15) is 27.4 Å². The van der Waals surface area contributed by atoms with Crippen LogP contribution in [0.2, 0.25) is 15.1 Å². The van der Waals surface area contributed by atoms with Gasteiger partial charge in [0.2, 0.25) is 5.91 Å². The predicted octanol–water partition coefficient (Wildman–Crippen LogP) is 6.61. The van der Waals surface area contributed by atoms with Crippen LogP contribution in [-0.2, 0) is 11.3 Å². The SMILES string of the molecule is O=C(NNCc1ccccc1)c1cc(NC(=O)C2C(c3cc(Cl)cc(Cl)c3)C2(Cl)Cl)ccc1Cl. The maximum Gasteiger partial charge on any atom is 0.266 e. The second-order valence-corrected chi connectivity index (χ2v) is 10.5. The highest BCUT2D eigenvalue weighted by atomic mass is 35.5. The number of carbonyl (C=O) groups excluding carboxylic acids is 2. The normalized spacial score (nSPS) is 18.3. The number of carbonyl (C=O) groups is 2. The van der Waals surface area contributed by atoms with Gasteiger partial charge in [-0.2, -0.15) is 0 Å². The minimum Gasteiger partial charge on any atom is -0.326 e. The Kier molecular flexibility index (Phi) is 7.63. The molecule has 0 spiro atoms. The Balaban J connectivity index is 1.42. The summed E-state index contributed by atoms with van der Waals surface area (Å²) in [6.45, 7) is 0.435. The molecule has 0 saturated heterocycles. The van der Waals surface area contributed by atoms with Gasteiger partial charge in [-0.15, -0.1) is 23.2 Å². The van der Waals surface area contributed by atoms with Gasteiger partial charge in [-0.25, -0.2) is 5.43 Å². The molecule has 0 heterocycles. The topological polar surface area (TPSA) is 70.2 Å². The number of anilines is 1. The third-order valence-electron chi connectivity index (χ3n) is 5.40. The van der Waals surface area contributed by atoms with E-state index in [1.165, 1.54) is 12.1 Å². The van der Waals surface area contributed by atoms with Crippen LogP contribution in [0.3, 0.4) is 0 Å². The summed E-state index contributed by atoms with van der Waals surface area (Å²) in [5.41, 5.74) is 7.70. The largest absolute Gasteiger partial charge is 0.326 e. The summed E-state index contributed by atoms with van der Waals surface area (Å²) in [7, 11) is 0. The van der Waals surface area contributed by atoms with E-state index in [1.807, 2.05) is 30.3 Å². The van der Waals surface area contributed by atoms with Crippen molar-refractivity contribution in [1.29, 1.82) is 0 Å². The molecule has 0 aromatic heterocycles. The maximum absolute atomic E-state index is 12.9. The van der Waals surface area contributed by atoms with E-state index in [9.17, 15) is 9.59 Å². The van der Waals surface area contributed by atoms with Crippen molar-refractivity contribution < 1.29 is 9.59 Å². The minimum absolute atomic E-state index is 0.192. The van der Waals surface area contributed by atoms with Gasteiger partial charge < -0.3 is 5.32 Å². The Morgan fingerprint density at radius 1 is 0.882 bits per heavy atom. The van der Waals surface area contributed by atoms with Crippen LogP contribution in [0.25, 0.3) is 0 Å². The van der Waals surface area contributed by atoms with Crippen molar-refractivity contribution in [2.75, 3.05) is 5.32 Å². The van der Waals surface area contributed by atoms with E-state index in [1.54, 1.807) is 24.3 Å². The van der Waals surface area contributed by atoms with E-state index in [0.29, 0.717) is 27.8 Å². The van der Waals surface area contributed by atoms with Crippen molar-refractivity contribution in [3.05, 3.63) is 98.5 Å². The van der Waals surface area contributed by atoms with Gasteiger partial charge in [-0.05, 0) is 47.5 Å². The molecule has 0 radical (unpaired) electrons. The molecule has 3 aromatic rings. The zero-order valence-corrected chi connectivity index (χ0v) is 21.2. The molecule has 5 nitrogen and oxygen atoms in total. The maximum atomic E-state index is 12.9. The first kappa shape index (κ1) is 25.1. The van der Waals surface area contributed by atoms with E-state index in [0.717, 1.165) is 5.56 Å². The number of hydrogen-bond acceptors (Lipinski definition) is 3. The molecule has 0 bridgehead atoms. The number of halogens is 5. The zero-order valence-electron chi connectivity index (χ0n) is 17.4. The number of rotatable bonds is 7. The molecule has 1 saturated carbocycles. The molecule has 2 atom stereocenters. The molecule has 4 rings (SSSR count). The van der Waals surface area contributed by atoms with Gasteiger partial charge >= 0.3 is 0 Å². The number of alkyl halides is 2. The monoisotopic (exact) mass is 555 g/mol. The second kappa shape index (κ2) is 10.3. The van der Waals surface area contributed by atoms with Crippen LogP contribution in [0.4, 0.5) is 5.69 Å². The standard InChI is InChI=1S/C24H18Cl5N3O2/c25-15-8-14(9-16(26)10-15)20-21(24(20,28)29)23(34)31-17-6-7-19(27)18(11-17)22(33)32-30-12-13-4-2-1-3-5-13/h1-11,20-21,30H,12H2,(H,31,34)(H,32,33). The van der Waals surface area contributed by atoms with Crippen molar-refractivity contribution >= 4 is 75.5 Å². The van der Waals surface area contributed by atoms with E-state index in [-0.39, 0.29) is 10.6 Å². The fourth-order valence-corrected chi connectivity index (χ4v) is 5.28. The summed E-state index contributed by atoms with van der Waals surface area (Å²) >= 11 is 31.2. The van der Waals surface area contributed by atoms with Crippen LogP contribution < -0.4 is 16.2 Å². The van der Waals surface area contributed by atoms with Crippen molar-refractivity contribution in [3.8, 4) is 0 Å². The van der Waals surface area contributed by atoms with E-state index in [2.05, 4.69) is 16.2 Å². The molecule has 1 fully saturated rings. The minimum atomic E-state index is -1.31. The summed E-state index contributed by atoms with van der Waals surface area (Å²) in [5.74, 6) is -2.06. The van der Waals surface area contributed by atoms with Gasteiger partial charge in [0, 0.05) is 28.2 Å². The van der Waals surface area contributed by atoms with Gasteiger partial charge in [0.15, 0.2) is 0 Å². The third kappa shape index (κ3) is 5.62. The highest BCUT2D eigenvalue weighted by Gasteiger charge is 2.67. The Hall–Kier alpha value is -1.99. The molecular formula is C24H18Cl5N3O2. The van der Waals surface area contributed by atoms with Gasteiger partial charge in [0.05, 0.1) is 16.5 Å². The summed E-state index contributed by atoms with van der Waals surface area (Å²) < 4.78 is -1.31. The number of benzene rings is 3. The smallest absolute Gasteiger partial charge is 0.266 e. The summed E-state index contributed by atoms with van der Waals surface area (Å²) in [6, 6.07) is 19.1. The molecule has 0 aliphatic heterocycles. The lowest BCUT2D eigenvalue weighted by atomic mass is 10.1. The Labute approximate surface area is 221 Å². The molecule has 3 aromatic carbocycles. The number of amides is 2. The Morgan fingerprint density at radius 2 is 1.56 bits per heavy atom. The average Bonchev–Trinajstić information content (AvgIpc) is 3.37. The molecule has 2 unspecified atom stereocenters. The quantitative estimate of drug-likeness (QED) is 0.226. The lowest BCUT2D eigenvalue weighted by Crippen LogP contribution is -2.37. The van der Waals surface area contributed by atoms with Crippen molar-refractivity contribution in [2.24, 2.45) is 5.92 Å². The van der Waals surface area contributed by atoms with E-state index >= 15 is 0 Å². The van der Waals surface area contributed by atoms with E-state index in [4.69, 9.17) is 58.0 Å². The highest BCUT2D eigenvalue weighted by Crippen LogP contribution is 2.65.